The zero-order valence-corrected chi connectivity index (χ0v) is 16.2. The Bertz CT molecular complexity index is 454. The van der Waals surface area contributed by atoms with E-state index in [0.29, 0.717) is 13.2 Å². The molecular formula is C19H34N2O2. The van der Waals surface area contributed by atoms with Crippen LogP contribution in [0.3, 0.4) is 0 Å². The molecule has 0 bridgehead atoms. The van der Waals surface area contributed by atoms with Crippen LogP contribution in [0.25, 0.3) is 0 Å². The maximum Gasteiger partial charge on any atom is 0.199 e. The summed E-state index contributed by atoms with van der Waals surface area (Å²) in [4.78, 5) is 9.83. The molecule has 0 amide bonds. The largest absolute Gasteiger partial charge is 0.478 e. The van der Waals surface area contributed by atoms with Crippen LogP contribution in [0.4, 0.5) is 0 Å². The fourth-order valence-corrected chi connectivity index (χ4v) is 3.04. The van der Waals surface area contributed by atoms with E-state index in [2.05, 4.69) is 55.4 Å². The first-order valence-corrected chi connectivity index (χ1v) is 8.90. The topological polar surface area (TPSA) is 43.2 Å². The third-order valence-electron chi connectivity index (χ3n) is 5.00. The van der Waals surface area contributed by atoms with Crippen LogP contribution in [0.1, 0.15) is 68.2 Å². The summed E-state index contributed by atoms with van der Waals surface area (Å²) >= 11 is 0. The van der Waals surface area contributed by atoms with Gasteiger partial charge in [0.1, 0.15) is 18.6 Å². The number of rotatable bonds is 4. The third kappa shape index (κ3) is 3.72. The quantitative estimate of drug-likeness (QED) is 0.766. The molecule has 0 unspecified atom stereocenters. The maximum absolute atomic E-state index is 6.03. The summed E-state index contributed by atoms with van der Waals surface area (Å²) in [5.41, 5.74) is -0.114. The van der Waals surface area contributed by atoms with Gasteiger partial charge in [-0.15, -0.1) is 0 Å². The van der Waals surface area contributed by atoms with E-state index >= 15 is 0 Å². The molecule has 4 nitrogen and oxygen atoms in total. The second kappa shape index (κ2) is 6.10. The van der Waals surface area contributed by atoms with Crippen molar-refractivity contribution in [2.45, 2.75) is 80.3 Å². The van der Waals surface area contributed by atoms with Gasteiger partial charge in [0.05, 0.1) is 12.1 Å². The molecule has 0 N–H and O–H groups in total. The minimum absolute atomic E-state index is 0.112. The molecule has 2 aliphatic heterocycles. The normalized spacial score (nSPS) is 25.7. The van der Waals surface area contributed by atoms with Crippen LogP contribution in [-0.2, 0) is 9.47 Å². The van der Waals surface area contributed by atoms with Gasteiger partial charge in [0.2, 0.25) is 0 Å². The summed E-state index contributed by atoms with van der Waals surface area (Å²) < 4.78 is 12.1. The summed E-state index contributed by atoms with van der Waals surface area (Å²) in [6.07, 6.45) is 1.99. The molecule has 0 radical (unpaired) electrons. The van der Waals surface area contributed by atoms with Crippen LogP contribution < -0.4 is 0 Å². The molecule has 0 saturated carbocycles. The van der Waals surface area contributed by atoms with Crippen LogP contribution in [0.15, 0.2) is 9.98 Å². The van der Waals surface area contributed by atoms with Gasteiger partial charge < -0.3 is 9.47 Å². The van der Waals surface area contributed by atoms with Crippen molar-refractivity contribution < 1.29 is 9.47 Å². The third-order valence-corrected chi connectivity index (χ3v) is 5.00. The fraction of sp³-hybridized carbons (Fsp3) is 0.895. The lowest BCUT2D eigenvalue weighted by molar-refractivity contribution is 0.208. The fourth-order valence-electron chi connectivity index (χ4n) is 3.04. The summed E-state index contributed by atoms with van der Waals surface area (Å²) in [7, 11) is 0. The molecule has 2 heterocycles. The molecule has 0 spiro atoms. The van der Waals surface area contributed by atoms with Crippen molar-refractivity contribution in [3.63, 3.8) is 0 Å². The lowest BCUT2D eigenvalue weighted by Gasteiger charge is -2.27. The van der Waals surface area contributed by atoms with E-state index in [1.54, 1.807) is 0 Å². The summed E-state index contributed by atoms with van der Waals surface area (Å²) in [6.45, 7) is 19.0. The van der Waals surface area contributed by atoms with Gasteiger partial charge in [-0.2, -0.15) is 0 Å². The first kappa shape index (κ1) is 18.3. The molecule has 0 aliphatic carbocycles. The van der Waals surface area contributed by atoms with Gasteiger partial charge in [0.25, 0.3) is 0 Å². The predicted octanol–water partition coefficient (Wildman–Crippen LogP) is 4.48. The first-order chi connectivity index (χ1) is 10.5. The molecule has 2 atom stereocenters. The highest BCUT2D eigenvalue weighted by atomic mass is 16.5. The Kier molecular flexibility index (Phi) is 4.85. The van der Waals surface area contributed by atoms with Gasteiger partial charge in [-0.25, -0.2) is 9.98 Å². The molecule has 0 fully saturated rings. The highest BCUT2D eigenvalue weighted by molar-refractivity contribution is 6.05. The van der Waals surface area contributed by atoms with Gasteiger partial charge in [-0.05, 0) is 24.2 Å². The Balaban J connectivity index is 2.31. The molecule has 2 rings (SSSR count). The molecule has 2 aliphatic rings. The Hall–Kier alpha value is -1.06. The van der Waals surface area contributed by atoms with E-state index in [1.807, 2.05) is 0 Å². The molecule has 0 aromatic carbocycles. The number of nitrogens with zero attached hydrogens (tertiary/aromatic N) is 2. The van der Waals surface area contributed by atoms with E-state index < -0.39 is 0 Å². The average Bonchev–Trinajstić information content (AvgIpc) is 3.07. The molecule has 4 heteroatoms. The predicted molar refractivity (Wildman–Crippen MR) is 96.3 cm³/mol. The summed E-state index contributed by atoms with van der Waals surface area (Å²) in [6, 6.07) is 0.406. The molecule has 23 heavy (non-hydrogen) atoms. The van der Waals surface area contributed by atoms with Gasteiger partial charge in [-0.3, -0.25) is 0 Å². The molecule has 0 aromatic rings. The van der Waals surface area contributed by atoms with Crippen LogP contribution in [-0.4, -0.2) is 37.1 Å². The van der Waals surface area contributed by atoms with Crippen LogP contribution in [0.5, 0.6) is 0 Å². The van der Waals surface area contributed by atoms with Crippen molar-refractivity contribution in [2.75, 3.05) is 13.2 Å². The average molecular weight is 322 g/mol. The molecule has 0 saturated heterocycles. The van der Waals surface area contributed by atoms with Crippen molar-refractivity contribution >= 4 is 11.8 Å². The molecular weight excluding hydrogens is 288 g/mol. The van der Waals surface area contributed by atoms with E-state index in [9.17, 15) is 0 Å². The second-order valence-electron chi connectivity index (χ2n) is 9.34. The molecule has 132 valence electrons. The van der Waals surface area contributed by atoms with Crippen molar-refractivity contribution in [3.8, 4) is 0 Å². The lowest BCUT2D eigenvalue weighted by Crippen LogP contribution is -2.37. The van der Waals surface area contributed by atoms with Crippen molar-refractivity contribution in [1.82, 2.24) is 0 Å². The minimum Gasteiger partial charge on any atom is -0.478 e. The summed E-state index contributed by atoms with van der Waals surface area (Å²) in [5, 5.41) is 0. The van der Waals surface area contributed by atoms with Crippen molar-refractivity contribution in [2.24, 2.45) is 26.2 Å². The van der Waals surface area contributed by atoms with Gasteiger partial charge in [0.15, 0.2) is 11.8 Å². The van der Waals surface area contributed by atoms with Crippen LogP contribution >= 0.6 is 0 Å². The van der Waals surface area contributed by atoms with Crippen LogP contribution in [0, 0.1) is 16.2 Å². The number of hydrogen-bond donors (Lipinski definition) is 0. The Morgan fingerprint density at radius 3 is 1.48 bits per heavy atom. The Morgan fingerprint density at radius 2 is 1.22 bits per heavy atom. The monoisotopic (exact) mass is 322 g/mol. The lowest BCUT2D eigenvalue weighted by atomic mass is 9.84. The van der Waals surface area contributed by atoms with Crippen molar-refractivity contribution in [1.29, 1.82) is 0 Å². The SMILES string of the molecule is CCCC(C)(C1=N[C@@H](C(C)(C)C)CO1)C1=N[C@@H](C(C)(C)C)CO1. The number of aliphatic imine (C=N–C) groups is 2. The van der Waals surface area contributed by atoms with E-state index in [-0.39, 0.29) is 28.3 Å². The number of ether oxygens (including phenoxy) is 2. The first-order valence-electron chi connectivity index (χ1n) is 8.90. The van der Waals surface area contributed by atoms with Crippen molar-refractivity contribution in [3.05, 3.63) is 0 Å². The van der Waals surface area contributed by atoms with Gasteiger partial charge in [-0.1, -0.05) is 54.9 Å². The van der Waals surface area contributed by atoms with E-state index in [0.717, 1.165) is 24.6 Å². The zero-order chi connectivity index (χ0) is 17.5. The zero-order valence-electron chi connectivity index (χ0n) is 16.2. The van der Waals surface area contributed by atoms with Crippen LogP contribution in [0.2, 0.25) is 0 Å². The van der Waals surface area contributed by atoms with Gasteiger partial charge >= 0.3 is 0 Å². The molecule has 0 aromatic heterocycles. The van der Waals surface area contributed by atoms with E-state index in [1.165, 1.54) is 0 Å². The Labute approximate surface area is 141 Å². The maximum atomic E-state index is 6.03. The number of hydrogen-bond acceptors (Lipinski definition) is 4. The highest BCUT2D eigenvalue weighted by Gasteiger charge is 2.46. The second-order valence-corrected chi connectivity index (χ2v) is 9.34. The minimum atomic E-state index is -0.339. The highest BCUT2D eigenvalue weighted by Crippen LogP contribution is 2.38. The standard InChI is InChI=1S/C19H34N2O2/c1-9-10-19(8,15-20-13(11-22-15)17(2,3)4)16-21-14(12-23-16)18(5,6)7/h13-14H,9-12H2,1-8H3/t13-,14-/m1/s1. The Morgan fingerprint density at radius 1 is 0.826 bits per heavy atom. The van der Waals surface area contributed by atoms with Gasteiger partial charge in [0, 0.05) is 0 Å². The summed E-state index contributed by atoms with van der Waals surface area (Å²) in [5.74, 6) is 1.63. The smallest absolute Gasteiger partial charge is 0.199 e. The van der Waals surface area contributed by atoms with E-state index in [4.69, 9.17) is 19.5 Å².